The molecular formula is C14H14FN3O. The van der Waals surface area contributed by atoms with Gasteiger partial charge in [-0.25, -0.2) is 9.37 Å². The SMILES string of the molecule is CCNc1cc(C(=O)Nc2ccc(F)cc2)ccn1. The third-order valence-electron chi connectivity index (χ3n) is 2.48. The summed E-state index contributed by atoms with van der Waals surface area (Å²) in [4.78, 5) is 16.1. The van der Waals surface area contributed by atoms with Crippen LogP contribution in [0.15, 0.2) is 42.6 Å². The molecular weight excluding hydrogens is 245 g/mol. The summed E-state index contributed by atoms with van der Waals surface area (Å²) in [6.45, 7) is 2.68. The van der Waals surface area contributed by atoms with Crippen molar-refractivity contribution in [3.05, 3.63) is 54.0 Å². The lowest BCUT2D eigenvalue weighted by atomic mass is 10.2. The molecule has 0 aliphatic heterocycles. The Labute approximate surface area is 110 Å². The number of pyridine rings is 1. The van der Waals surface area contributed by atoms with Gasteiger partial charge in [-0.2, -0.15) is 0 Å². The summed E-state index contributed by atoms with van der Waals surface area (Å²) in [6.07, 6.45) is 1.57. The summed E-state index contributed by atoms with van der Waals surface area (Å²) >= 11 is 0. The van der Waals surface area contributed by atoms with Crippen molar-refractivity contribution in [1.29, 1.82) is 0 Å². The summed E-state index contributed by atoms with van der Waals surface area (Å²) in [7, 11) is 0. The molecule has 0 spiro atoms. The Bertz CT molecular complexity index is 569. The third-order valence-corrected chi connectivity index (χ3v) is 2.48. The average molecular weight is 259 g/mol. The lowest BCUT2D eigenvalue weighted by Gasteiger charge is -2.07. The zero-order chi connectivity index (χ0) is 13.7. The molecule has 0 saturated heterocycles. The minimum Gasteiger partial charge on any atom is -0.370 e. The van der Waals surface area contributed by atoms with Crippen LogP contribution in [0.5, 0.6) is 0 Å². The van der Waals surface area contributed by atoms with Crippen LogP contribution in [0.2, 0.25) is 0 Å². The number of hydrogen-bond acceptors (Lipinski definition) is 3. The van der Waals surface area contributed by atoms with Gasteiger partial charge >= 0.3 is 0 Å². The van der Waals surface area contributed by atoms with Crippen LogP contribution in [0, 0.1) is 5.82 Å². The Morgan fingerprint density at radius 3 is 2.68 bits per heavy atom. The topological polar surface area (TPSA) is 54.0 Å². The molecule has 0 atom stereocenters. The van der Waals surface area contributed by atoms with Crippen LogP contribution in [-0.4, -0.2) is 17.4 Å². The largest absolute Gasteiger partial charge is 0.370 e. The number of carbonyl (C=O) groups excluding carboxylic acids is 1. The molecule has 0 unspecified atom stereocenters. The second kappa shape index (κ2) is 5.95. The molecule has 1 aromatic heterocycles. The second-order valence-electron chi connectivity index (χ2n) is 3.92. The van der Waals surface area contributed by atoms with E-state index < -0.39 is 0 Å². The van der Waals surface area contributed by atoms with Crippen LogP contribution in [-0.2, 0) is 0 Å². The molecule has 19 heavy (non-hydrogen) atoms. The van der Waals surface area contributed by atoms with Crippen LogP contribution in [0.3, 0.4) is 0 Å². The Balaban J connectivity index is 2.11. The van der Waals surface area contributed by atoms with Crippen molar-refractivity contribution in [2.75, 3.05) is 17.2 Å². The minimum atomic E-state index is -0.337. The predicted octanol–water partition coefficient (Wildman–Crippen LogP) is 2.90. The van der Waals surface area contributed by atoms with Gasteiger partial charge in [-0.1, -0.05) is 0 Å². The number of aromatic nitrogens is 1. The Hall–Kier alpha value is -2.43. The maximum atomic E-state index is 12.8. The van der Waals surface area contributed by atoms with Crippen molar-refractivity contribution in [2.45, 2.75) is 6.92 Å². The van der Waals surface area contributed by atoms with E-state index in [9.17, 15) is 9.18 Å². The molecule has 1 heterocycles. The van der Waals surface area contributed by atoms with Gasteiger partial charge in [-0.3, -0.25) is 4.79 Å². The highest BCUT2D eigenvalue weighted by Gasteiger charge is 2.07. The Kier molecular flexibility index (Phi) is 4.07. The highest BCUT2D eigenvalue weighted by atomic mass is 19.1. The zero-order valence-electron chi connectivity index (χ0n) is 10.5. The fourth-order valence-corrected chi connectivity index (χ4v) is 1.59. The number of hydrogen-bond donors (Lipinski definition) is 2. The van der Waals surface area contributed by atoms with Gasteiger partial charge in [0.2, 0.25) is 0 Å². The maximum absolute atomic E-state index is 12.8. The first-order valence-corrected chi connectivity index (χ1v) is 5.96. The molecule has 2 N–H and O–H groups in total. The van der Waals surface area contributed by atoms with E-state index in [1.54, 1.807) is 18.3 Å². The number of amides is 1. The van der Waals surface area contributed by atoms with E-state index in [2.05, 4.69) is 15.6 Å². The van der Waals surface area contributed by atoms with Crippen LogP contribution in [0.1, 0.15) is 17.3 Å². The van der Waals surface area contributed by atoms with Gasteiger partial charge in [-0.15, -0.1) is 0 Å². The number of rotatable bonds is 4. The van der Waals surface area contributed by atoms with E-state index in [0.717, 1.165) is 6.54 Å². The van der Waals surface area contributed by atoms with Crippen LogP contribution < -0.4 is 10.6 Å². The number of benzene rings is 1. The molecule has 5 heteroatoms. The first-order valence-electron chi connectivity index (χ1n) is 5.96. The predicted molar refractivity (Wildman–Crippen MR) is 72.8 cm³/mol. The highest BCUT2D eigenvalue weighted by Crippen LogP contribution is 2.12. The van der Waals surface area contributed by atoms with E-state index >= 15 is 0 Å². The van der Waals surface area contributed by atoms with Crippen molar-refractivity contribution in [1.82, 2.24) is 4.98 Å². The summed E-state index contributed by atoms with van der Waals surface area (Å²) in [5, 5.41) is 5.73. The van der Waals surface area contributed by atoms with Gasteiger partial charge in [0.05, 0.1) is 0 Å². The summed E-state index contributed by atoms with van der Waals surface area (Å²) in [6, 6.07) is 8.92. The van der Waals surface area contributed by atoms with E-state index in [1.165, 1.54) is 24.3 Å². The normalized spacial score (nSPS) is 10.0. The van der Waals surface area contributed by atoms with Gasteiger partial charge in [0, 0.05) is 24.0 Å². The lowest BCUT2D eigenvalue weighted by molar-refractivity contribution is 0.102. The number of anilines is 2. The standard InChI is InChI=1S/C14H14FN3O/c1-2-16-13-9-10(7-8-17-13)14(19)18-12-5-3-11(15)4-6-12/h3-9H,2H2,1H3,(H,16,17)(H,18,19). The summed E-state index contributed by atoms with van der Waals surface area (Å²) < 4.78 is 12.8. The zero-order valence-corrected chi connectivity index (χ0v) is 10.5. The van der Waals surface area contributed by atoms with E-state index in [1.807, 2.05) is 6.92 Å². The third kappa shape index (κ3) is 3.51. The molecule has 98 valence electrons. The molecule has 0 fully saturated rings. The summed E-state index contributed by atoms with van der Waals surface area (Å²) in [5.41, 5.74) is 1.04. The fourth-order valence-electron chi connectivity index (χ4n) is 1.59. The van der Waals surface area contributed by atoms with E-state index in [0.29, 0.717) is 17.1 Å². The fraction of sp³-hybridized carbons (Fsp3) is 0.143. The second-order valence-corrected chi connectivity index (χ2v) is 3.92. The van der Waals surface area contributed by atoms with Crippen molar-refractivity contribution in [2.24, 2.45) is 0 Å². The first kappa shape index (κ1) is 13.0. The monoisotopic (exact) mass is 259 g/mol. The Morgan fingerprint density at radius 2 is 2.00 bits per heavy atom. The molecule has 0 aliphatic carbocycles. The molecule has 1 amide bonds. The molecule has 1 aromatic carbocycles. The number of carbonyl (C=O) groups is 1. The summed E-state index contributed by atoms with van der Waals surface area (Å²) in [5.74, 6) is 0.0544. The van der Waals surface area contributed by atoms with Crippen molar-refractivity contribution >= 4 is 17.4 Å². The first-order chi connectivity index (χ1) is 9.19. The molecule has 2 rings (SSSR count). The van der Waals surface area contributed by atoms with Gasteiger partial charge in [-0.05, 0) is 43.3 Å². The highest BCUT2D eigenvalue weighted by molar-refractivity contribution is 6.04. The van der Waals surface area contributed by atoms with Crippen molar-refractivity contribution in [3.63, 3.8) is 0 Å². The van der Waals surface area contributed by atoms with Crippen molar-refractivity contribution < 1.29 is 9.18 Å². The smallest absolute Gasteiger partial charge is 0.255 e. The maximum Gasteiger partial charge on any atom is 0.255 e. The van der Waals surface area contributed by atoms with Gasteiger partial charge < -0.3 is 10.6 Å². The van der Waals surface area contributed by atoms with E-state index in [4.69, 9.17) is 0 Å². The number of halogens is 1. The van der Waals surface area contributed by atoms with Gasteiger partial charge in [0.1, 0.15) is 11.6 Å². The van der Waals surface area contributed by atoms with Gasteiger partial charge in [0.25, 0.3) is 5.91 Å². The molecule has 2 aromatic rings. The Morgan fingerprint density at radius 1 is 1.26 bits per heavy atom. The lowest BCUT2D eigenvalue weighted by Crippen LogP contribution is -2.12. The minimum absolute atomic E-state index is 0.256. The average Bonchev–Trinajstić information content (AvgIpc) is 2.42. The molecule has 0 saturated carbocycles. The number of nitrogens with zero attached hydrogens (tertiary/aromatic N) is 1. The van der Waals surface area contributed by atoms with Crippen LogP contribution in [0.25, 0.3) is 0 Å². The molecule has 4 nitrogen and oxygen atoms in total. The number of nitrogens with one attached hydrogen (secondary N) is 2. The van der Waals surface area contributed by atoms with Crippen LogP contribution in [0.4, 0.5) is 15.9 Å². The van der Waals surface area contributed by atoms with Crippen molar-refractivity contribution in [3.8, 4) is 0 Å². The van der Waals surface area contributed by atoms with Gasteiger partial charge in [0.15, 0.2) is 0 Å². The molecule has 0 aliphatic rings. The molecule has 0 radical (unpaired) electrons. The van der Waals surface area contributed by atoms with Crippen LogP contribution >= 0.6 is 0 Å². The van der Waals surface area contributed by atoms with E-state index in [-0.39, 0.29) is 11.7 Å². The molecule has 0 bridgehead atoms. The quantitative estimate of drug-likeness (QED) is 0.887.